The maximum Gasteiger partial charge on any atom is 0.263 e. The van der Waals surface area contributed by atoms with Crippen molar-refractivity contribution in [1.29, 1.82) is 0 Å². The first-order valence-corrected chi connectivity index (χ1v) is 7.83. The molecule has 0 fully saturated rings. The van der Waals surface area contributed by atoms with E-state index in [-0.39, 0.29) is 5.91 Å². The normalized spacial score (nSPS) is 10.6. The Bertz CT molecular complexity index is 750. The maximum absolute atomic E-state index is 12.3. The highest BCUT2D eigenvalue weighted by molar-refractivity contribution is 7.16. The van der Waals surface area contributed by atoms with Crippen LogP contribution in [0.3, 0.4) is 0 Å². The van der Waals surface area contributed by atoms with E-state index in [1.54, 1.807) is 12.4 Å². The maximum atomic E-state index is 12.3. The number of carbonyl (C=O) groups is 1. The lowest BCUT2D eigenvalue weighted by atomic mass is 10.2. The van der Waals surface area contributed by atoms with Crippen LogP contribution < -0.4 is 5.32 Å². The van der Waals surface area contributed by atoms with Gasteiger partial charge in [-0.15, -0.1) is 0 Å². The van der Waals surface area contributed by atoms with Crippen LogP contribution in [0, 0.1) is 6.92 Å². The summed E-state index contributed by atoms with van der Waals surface area (Å²) in [6, 6.07) is 7.78. The zero-order valence-electron chi connectivity index (χ0n) is 12.2. The quantitative estimate of drug-likeness (QED) is 0.788. The van der Waals surface area contributed by atoms with Gasteiger partial charge in [-0.1, -0.05) is 11.3 Å². The summed E-state index contributed by atoms with van der Waals surface area (Å²) in [5.41, 5.74) is 1.92. The van der Waals surface area contributed by atoms with Crippen molar-refractivity contribution >= 4 is 17.2 Å². The van der Waals surface area contributed by atoms with Crippen molar-refractivity contribution in [2.45, 2.75) is 13.3 Å². The molecular weight excluding hydrogens is 296 g/mol. The molecule has 3 aromatic heterocycles. The van der Waals surface area contributed by atoms with E-state index < -0.39 is 0 Å². The molecule has 1 amide bonds. The van der Waals surface area contributed by atoms with Crippen LogP contribution in [0.4, 0.5) is 0 Å². The Morgan fingerprint density at radius 1 is 1.27 bits per heavy atom. The largest absolute Gasteiger partial charge is 0.351 e. The number of rotatable bonds is 5. The summed E-state index contributed by atoms with van der Waals surface area (Å²) >= 11 is 1.40. The summed E-state index contributed by atoms with van der Waals surface area (Å²) in [5.74, 6) is -0.0672. The van der Waals surface area contributed by atoms with Crippen molar-refractivity contribution in [3.05, 3.63) is 65.2 Å². The summed E-state index contributed by atoms with van der Waals surface area (Å²) in [6.45, 7) is 2.46. The number of thiazole rings is 1. The number of pyridine rings is 1. The minimum absolute atomic E-state index is 0.0672. The van der Waals surface area contributed by atoms with Crippen LogP contribution in [-0.2, 0) is 6.42 Å². The molecule has 0 aliphatic rings. The van der Waals surface area contributed by atoms with E-state index in [9.17, 15) is 4.79 Å². The molecule has 3 aromatic rings. The van der Waals surface area contributed by atoms with Crippen molar-refractivity contribution in [1.82, 2.24) is 19.9 Å². The molecule has 3 heterocycles. The lowest BCUT2D eigenvalue weighted by Gasteiger charge is -2.04. The Labute approximate surface area is 132 Å². The third-order valence-electron chi connectivity index (χ3n) is 3.27. The van der Waals surface area contributed by atoms with Gasteiger partial charge in [-0.25, -0.2) is 4.98 Å². The third kappa shape index (κ3) is 3.23. The molecular formula is C16H16N4OS. The molecule has 3 rings (SSSR count). The molecule has 0 unspecified atom stereocenters. The lowest BCUT2D eigenvalue weighted by Crippen LogP contribution is -2.25. The Hall–Kier alpha value is -2.47. The van der Waals surface area contributed by atoms with Crippen LogP contribution in [0.5, 0.6) is 0 Å². The van der Waals surface area contributed by atoms with Gasteiger partial charge in [0.1, 0.15) is 4.88 Å². The number of aryl methyl sites for hydroxylation is 1. The second-order valence-electron chi connectivity index (χ2n) is 4.86. The van der Waals surface area contributed by atoms with E-state index in [1.165, 1.54) is 11.3 Å². The summed E-state index contributed by atoms with van der Waals surface area (Å²) in [5, 5.41) is 3.76. The summed E-state index contributed by atoms with van der Waals surface area (Å²) < 4.78 is 1.91. The number of nitrogens with one attached hydrogen (secondary N) is 1. The number of carbonyl (C=O) groups excluding carboxylic acids is 1. The van der Waals surface area contributed by atoms with Gasteiger partial charge in [0.2, 0.25) is 0 Å². The van der Waals surface area contributed by atoms with Gasteiger partial charge in [0.15, 0.2) is 5.13 Å². The topological polar surface area (TPSA) is 59.8 Å². The number of hydrogen-bond donors (Lipinski definition) is 1. The van der Waals surface area contributed by atoms with E-state index in [0.29, 0.717) is 11.4 Å². The molecule has 0 atom stereocenters. The minimum Gasteiger partial charge on any atom is -0.351 e. The van der Waals surface area contributed by atoms with Crippen LogP contribution in [0.25, 0.3) is 5.13 Å². The first kappa shape index (κ1) is 14.5. The summed E-state index contributed by atoms with van der Waals surface area (Å²) in [6.07, 6.45) is 8.14. The van der Waals surface area contributed by atoms with Gasteiger partial charge >= 0.3 is 0 Å². The van der Waals surface area contributed by atoms with Gasteiger partial charge in [-0.3, -0.25) is 9.78 Å². The molecule has 0 spiro atoms. The van der Waals surface area contributed by atoms with Crippen LogP contribution in [0.1, 0.15) is 20.9 Å². The highest BCUT2D eigenvalue weighted by Gasteiger charge is 2.15. The number of aromatic nitrogens is 3. The molecule has 0 aliphatic heterocycles. The van der Waals surface area contributed by atoms with Crippen LogP contribution in [0.2, 0.25) is 0 Å². The van der Waals surface area contributed by atoms with Crippen molar-refractivity contribution in [2.24, 2.45) is 0 Å². The fourth-order valence-corrected chi connectivity index (χ4v) is 3.07. The van der Waals surface area contributed by atoms with Gasteiger partial charge in [-0.05, 0) is 43.2 Å². The zero-order chi connectivity index (χ0) is 15.4. The standard InChI is InChI=1S/C16H16N4OS/c1-12-14(22-16(19-12)20-10-2-3-11-20)15(21)18-9-6-13-4-7-17-8-5-13/h2-5,7-8,10-11H,6,9H2,1H3,(H,18,21). The average molecular weight is 312 g/mol. The molecule has 1 N–H and O–H groups in total. The minimum atomic E-state index is -0.0672. The van der Waals surface area contributed by atoms with Crippen LogP contribution >= 0.6 is 11.3 Å². The average Bonchev–Trinajstić information content (AvgIpc) is 3.17. The SMILES string of the molecule is Cc1nc(-n2cccc2)sc1C(=O)NCCc1ccncc1. The van der Waals surface area contributed by atoms with Crippen molar-refractivity contribution < 1.29 is 4.79 Å². The zero-order valence-corrected chi connectivity index (χ0v) is 13.0. The lowest BCUT2D eigenvalue weighted by molar-refractivity contribution is 0.0957. The van der Waals surface area contributed by atoms with Crippen LogP contribution in [-0.4, -0.2) is 27.0 Å². The summed E-state index contributed by atoms with van der Waals surface area (Å²) in [4.78, 5) is 21.4. The van der Waals surface area contributed by atoms with Crippen molar-refractivity contribution in [3.63, 3.8) is 0 Å². The highest BCUT2D eigenvalue weighted by Crippen LogP contribution is 2.21. The van der Waals surface area contributed by atoms with E-state index in [1.807, 2.05) is 48.1 Å². The molecule has 0 bridgehead atoms. The van der Waals surface area contributed by atoms with E-state index in [2.05, 4.69) is 15.3 Å². The predicted molar refractivity (Wildman–Crippen MR) is 86.5 cm³/mol. The van der Waals surface area contributed by atoms with Crippen molar-refractivity contribution in [2.75, 3.05) is 6.54 Å². The molecule has 0 aromatic carbocycles. The second kappa shape index (κ2) is 6.53. The van der Waals surface area contributed by atoms with E-state index in [4.69, 9.17) is 0 Å². The number of nitrogens with zero attached hydrogens (tertiary/aromatic N) is 3. The van der Waals surface area contributed by atoms with E-state index in [0.717, 1.165) is 22.8 Å². The first-order valence-electron chi connectivity index (χ1n) is 7.02. The first-order chi connectivity index (χ1) is 10.7. The van der Waals surface area contributed by atoms with Gasteiger partial charge < -0.3 is 9.88 Å². The van der Waals surface area contributed by atoms with Gasteiger partial charge in [0.05, 0.1) is 5.69 Å². The van der Waals surface area contributed by atoms with Gasteiger partial charge in [-0.2, -0.15) is 0 Å². The molecule has 0 saturated heterocycles. The Morgan fingerprint density at radius 3 is 2.73 bits per heavy atom. The van der Waals surface area contributed by atoms with Crippen LogP contribution in [0.15, 0.2) is 49.1 Å². The molecule has 0 aliphatic carbocycles. The summed E-state index contributed by atoms with van der Waals surface area (Å²) in [7, 11) is 0. The highest BCUT2D eigenvalue weighted by atomic mass is 32.1. The fourth-order valence-electron chi connectivity index (χ4n) is 2.12. The Balaban J connectivity index is 1.63. The fraction of sp³-hybridized carbons (Fsp3) is 0.188. The third-order valence-corrected chi connectivity index (χ3v) is 4.44. The van der Waals surface area contributed by atoms with E-state index >= 15 is 0 Å². The predicted octanol–water partition coefficient (Wildman–Crippen LogP) is 2.61. The van der Waals surface area contributed by atoms with Crippen molar-refractivity contribution in [3.8, 4) is 5.13 Å². The number of hydrogen-bond acceptors (Lipinski definition) is 4. The molecule has 6 heteroatoms. The molecule has 5 nitrogen and oxygen atoms in total. The molecule has 22 heavy (non-hydrogen) atoms. The Kier molecular flexibility index (Phi) is 4.29. The number of amides is 1. The second-order valence-corrected chi connectivity index (χ2v) is 5.84. The molecule has 0 radical (unpaired) electrons. The Morgan fingerprint density at radius 2 is 2.00 bits per heavy atom. The van der Waals surface area contributed by atoms with Gasteiger partial charge in [0, 0.05) is 31.3 Å². The smallest absolute Gasteiger partial charge is 0.263 e. The molecule has 0 saturated carbocycles. The molecule has 112 valence electrons. The van der Waals surface area contributed by atoms with Gasteiger partial charge in [0.25, 0.3) is 5.91 Å². The monoisotopic (exact) mass is 312 g/mol.